The van der Waals surface area contributed by atoms with Crippen LogP contribution in [0.15, 0.2) is 24.3 Å². The second kappa shape index (κ2) is 6.08. The van der Waals surface area contributed by atoms with E-state index in [1.54, 1.807) is 0 Å². The van der Waals surface area contributed by atoms with Gasteiger partial charge < -0.3 is 10.2 Å². The van der Waals surface area contributed by atoms with Crippen molar-refractivity contribution in [3.63, 3.8) is 0 Å². The van der Waals surface area contributed by atoms with Gasteiger partial charge in [0.05, 0.1) is 11.2 Å². The number of hydrogen-bond donors (Lipinski definition) is 3. The van der Waals surface area contributed by atoms with Crippen molar-refractivity contribution >= 4 is 45.0 Å². The SMILES string of the molecule is OONc1ccc2nc(N3CCNCC3)ccc2c1I. The Balaban J connectivity index is 1.97. The summed E-state index contributed by atoms with van der Waals surface area (Å²) < 4.78 is 0.966. The van der Waals surface area contributed by atoms with E-state index in [1.165, 1.54) is 0 Å². The van der Waals surface area contributed by atoms with E-state index in [1.807, 2.05) is 18.2 Å². The minimum atomic E-state index is 0.720. The molecule has 1 aromatic heterocycles. The smallest absolute Gasteiger partial charge is 0.129 e. The summed E-state index contributed by atoms with van der Waals surface area (Å²) in [7, 11) is 0. The maximum atomic E-state index is 8.49. The number of aromatic nitrogens is 1. The van der Waals surface area contributed by atoms with Gasteiger partial charge in [0, 0.05) is 35.1 Å². The summed E-state index contributed by atoms with van der Waals surface area (Å²) in [4.78, 5) is 11.0. The molecule has 2 heterocycles. The average Bonchev–Trinajstić information content (AvgIpc) is 2.51. The normalized spacial score (nSPS) is 15.6. The van der Waals surface area contributed by atoms with Crippen LogP contribution < -0.4 is 15.7 Å². The van der Waals surface area contributed by atoms with E-state index in [4.69, 9.17) is 10.2 Å². The van der Waals surface area contributed by atoms with Gasteiger partial charge in [-0.15, -0.1) is 4.99 Å². The van der Waals surface area contributed by atoms with Gasteiger partial charge in [0.25, 0.3) is 0 Å². The van der Waals surface area contributed by atoms with Gasteiger partial charge in [0.2, 0.25) is 0 Å². The third kappa shape index (κ3) is 2.66. The second-order valence-electron chi connectivity index (χ2n) is 4.59. The van der Waals surface area contributed by atoms with E-state index in [-0.39, 0.29) is 0 Å². The van der Waals surface area contributed by atoms with E-state index in [9.17, 15) is 0 Å². The number of anilines is 2. The van der Waals surface area contributed by atoms with Crippen LogP contribution in [0.1, 0.15) is 0 Å². The fourth-order valence-electron chi connectivity index (χ4n) is 2.36. The maximum absolute atomic E-state index is 8.49. The van der Waals surface area contributed by atoms with E-state index in [0.717, 1.165) is 52.2 Å². The van der Waals surface area contributed by atoms with Crippen LogP contribution in [-0.2, 0) is 4.99 Å². The van der Waals surface area contributed by atoms with Crippen molar-refractivity contribution in [2.24, 2.45) is 0 Å². The first-order chi connectivity index (χ1) is 9.79. The monoisotopic (exact) mass is 386 g/mol. The molecular formula is C13H15IN4O2. The number of halogens is 1. The van der Waals surface area contributed by atoms with Crippen molar-refractivity contribution in [3.8, 4) is 0 Å². The molecule has 1 fully saturated rings. The van der Waals surface area contributed by atoms with Gasteiger partial charge in [-0.3, -0.25) is 0 Å². The Kier molecular flexibility index (Phi) is 4.20. The van der Waals surface area contributed by atoms with Crippen molar-refractivity contribution in [1.29, 1.82) is 0 Å². The van der Waals surface area contributed by atoms with Crippen molar-refractivity contribution in [3.05, 3.63) is 27.8 Å². The third-order valence-corrected chi connectivity index (χ3v) is 4.55. The van der Waals surface area contributed by atoms with Crippen LogP contribution in [0.5, 0.6) is 0 Å². The van der Waals surface area contributed by atoms with Crippen LogP contribution >= 0.6 is 22.6 Å². The maximum Gasteiger partial charge on any atom is 0.129 e. The summed E-state index contributed by atoms with van der Waals surface area (Å²) in [5.41, 5.74) is 4.11. The van der Waals surface area contributed by atoms with Crippen molar-refractivity contribution in [2.75, 3.05) is 36.6 Å². The van der Waals surface area contributed by atoms with Crippen LogP contribution in [-0.4, -0.2) is 36.4 Å². The first kappa shape index (κ1) is 13.8. The van der Waals surface area contributed by atoms with Crippen molar-refractivity contribution in [2.45, 2.75) is 0 Å². The zero-order chi connectivity index (χ0) is 13.9. The number of fused-ring (bicyclic) bond motifs is 1. The van der Waals surface area contributed by atoms with Crippen molar-refractivity contribution in [1.82, 2.24) is 10.3 Å². The van der Waals surface area contributed by atoms with Crippen LogP contribution in [0.3, 0.4) is 0 Å². The number of rotatable bonds is 3. The molecule has 106 valence electrons. The molecule has 1 aliphatic rings. The molecule has 2 aromatic rings. The standard InChI is InChI=1S/C13H15IN4O2/c14-13-9-1-4-12(18-7-5-15-6-8-18)16-10(9)2-3-11(13)17-20-19/h1-4,15,17,19H,5-8H2. The molecule has 0 amide bonds. The highest BCUT2D eigenvalue weighted by molar-refractivity contribution is 14.1. The summed E-state index contributed by atoms with van der Waals surface area (Å²) >= 11 is 2.21. The summed E-state index contributed by atoms with van der Waals surface area (Å²) in [6, 6.07) is 7.86. The third-order valence-electron chi connectivity index (χ3n) is 3.39. The lowest BCUT2D eigenvalue weighted by atomic mass is 10.2. The second-order valence-corrected chi connectivity index (χ2v) is 5.67. The van der Waals surface area contributed by atoms with Gasteiger partial charge >= 0.3 is 0 Å². The van der Waals surface area contributed by atoms with Gasteiger partial charge in [0.15, 0.2) is 0 Å². The molecule has 0 spiro atoms. The van der Waals surface area contributed by atoms with Crippen LogP contribution in [0.25, 0.3) is 10.9 Å². The molecule has 0 unspecified atom stereocenters. The Hall–Kier alpha value is -1.16. The number of nitrogens with one attached hydrogen (secondary N) is 2. The number of pyridine rings is 1. The molecular weight excluding hydrogens is 371 g/mol. The number of hydrogen-bond acceptors (Lipinski definition) is 6. The lowest BCUT2D eigenvalue weighted by Gasteiger charge is -2.28. The highest BCUT2D eigenvalue weighted by Crippen LogP contribution is 2.28. The van der Waals surface area contributed by atoms with E-state index < -0.39 is 0 Å². The molecule has 6 nitrogen and oxygen atoms in total. The molecule has 3 rings (SSSR count). The first-order valence-electron chi connectivity index (χ1n) is 6.41. The fraction of sp³-hybridized carbons (Fsp3) is 0.308. The van der Waals surface area contributed by atoms with E-state index >= 15 is 0 Å². The van der Waals surface area contributed by atoms with E-state index in [0.29, 0.717) is 0 Å². The lowest BCUT2D eigenvalue weighted by molar-refractivity contribution is -0.215. The molecule has 3 N–H and O–H groups in total. The summed E-state index contributed by atoms with van der Waals surface area (Å²) in [5.74, 6) is 1.01. The Bertz CT molecular complexity index is 617. The molecule has 1 aliphatic heterocycles. The zero-order valence-corrected chi connectivity index (χ0v) is 12.9. The molecule has 0 aliphatic carbocycles. The molecule has 1 saturated heterocycles. The minimum absolute atomic E-state index is 0.720. The highest BCUT2D eigenvalue weighted by Gasteiger charge is 2.13. The molecule has 0 bridgehead atoms. The van der Waals surface area contributed by atoms with Gasteiger partial charge in [-0.25, -0.2) is 15.7 Å². The first-order valence-corrected chi connectivity index (χ1v) is 7.49. The minimum Gasteiger partial charge on any atom is -0.354 e. The van der Waals surface area contributed by atoms with E-state index in [2.05, 4.69) is 49.3 Å². The van der Waals surface area contributed by atoms with Gasteiger partial charge in [-0.2, -0.15) is 0 Å². The Labute approximate surface area is 130 Å². The predicted molar refractivity (Wildman–Crippen MR) is 86.9 cm³/mol. The lowest BCUT2D eigenvalue weighted by Crippen LogP contribution is -2.43. The number of benzene rings is 1. The Morgan fingerprint density at radius 3 is 2.80 bits per heavy atom. The molecule has 0 saturated carbocycles. The summed E-state index contributed by atoms with van der Waals surface area (Å²) in [5, 5.41) is 12.9. The highest BCUT2D eigenvalue weighted by atomic mass is 127. The van der Waals surface area contributed by atoms with Gasteiger partial charge in [0.1, 0.15) is 5.82 Å². The largest absolute Gasteiger partial charge is 0.354 e. The topological polar surface area (TPSA) is 69.7 Å². The fourth-order valence-corrected chi connectivity index (χ4v) is 3.10. The average molecular weight is 386 g/mol. The Morgan fingerprint density at radius 2 is 2.05 bits per heavy atom. The number of piperazine rings is 1. The molecule has 7 heteroatoms. The zero-order valence-electron chi connectivity index (χ0n) is 10.8. The van der Waals surface area contributed by atoms with Crippen LogP contribution in [0, 0.1) is 3.57 Å². The predicted octanol–water partition coefficient (Wildman–Crippen LogP) is 2.07. The quantitative estimate of drug-likeness (QED) is 0.426. The van der Waals surface area contributed by atoms with Gasteiger partial charge in [-0.1, -0.05) is 0 Å². The molecule has 20 heavy (non-hydrogen) atoms. The summed E-state index contributed by atoms with van der Waals surface area (Å²) in [6.07, 6.45) is 0. The molecule has 0 radical (unpaired) electrons. The summed E-state index contributed by atoms with van der Waals surface area (Å²) in [6.45, 7) is 3.95. The number of nitrogens with zero attached hydrogens (tertiary/aromatic N) is 2. The van der Waals surface area contributed by atoms with Crippen LogP contribution in [0.4, 0.5) is 11.5 Å². The molecule has 0 atom stereocenters. The Morgan fingerprint density at radius 1 is 1.25 bits per heavy atom. The van der Waals surface area contributed by atoms with Crippen LogP contribution in [0.2, 0.25) is 0 Å². The van der Waals surface area contributed by atoms with Gasteiger partial charge in [-0.05, 0) is 46.9 Å². The molecule has 1 aromatic carbocycles. The van der Waals surface area contributed by atoms with Crippen molar-refractivity contribution < 1.29 is 10.2 Å².